The fourth-order valence-electron chi connectivity index (χ4n) is 2.39. The molecule has 1 heterocycles. The molecule has 3 aromatic rings. The van der Waals surface area contributed by atoms with E-state index in [-0.39, 0.29) is 5.91 Å². The Hall–Kier alpha value is -2.88. The molecule has 1 aromatic heterocycles. The number of anilines is 1. The number of benzene rings is 2. The van der Waals surface area contributed by atoms with Gasteiger partial charge in [0.2, 0.25) is 5.91 Å². The second-order valence-corrected chi connectivity index (χ2v) is 5.27. The van der Waals surface area contributed by atoms with Crippen molar-refractivity contribution in [3.63, 3.8) is 0 Å². The Balaban J connectivity index is 1.70. The molecule has 4 nitrogen and oxygen atoms in total. The third kappa shape index (κ3) is 3.41. The van der Waals surface area contributed by atoms with Gasteiger partial charge in [-0.05, 0) is 30.7 Å². The Kier molecular flexibility index (Phi) is 4.01. The summed E-state index contributed by atoms with van der Waals surface area (Å²) in [7, 11) is 0. The molecule has 0 saturated heterocycles. The van der Waals surface area contributed by atoms with E-state index in [1.165, 1.54) is 0 Å². The van der Waals surface area contributed by atoms with Gasteiger partial charge in [0, 0.05) is 17.4 Å². The molecular weight excluding hydrogens is 274 g/mol. The highest BCUT2D eigenvalue weighted by molar-refractivity contribution is 5.92. The molecule has 1 amide bonds. The summed E-state index contributed by atoms with van der Waals surface area (Å²) in [5.41, 5.74) is 4.87. The summed E-state index contributed by atoms with van der Waals surface area (Å²) in [4.78, 5) is 12.2. The topological polar surface area (TPSA) is 57.8 Å². The van der Waals surface area contributed by atoms with Crippen LogP contribution in [0, 0.1) is 6.92 Å². The van der Waals surface area contributed by atoms with Gasteiger partial charge in [0.1, 0.15) is 0 Å². The Morgan fingerprint density at radius 2 is 2.00 bits per heavy atom. The van der Waals surface area contributed by atoms with Gasteiger partial charge in [-0.15, -0.1) is 0 Å². The van der Waals surface area contributed by atoms with Gasteiger partial charge in [-0.3, -0.25) is 9.89 Å². The Morgan fingerprint density at radius 3 is 2.77 bits per heavy atom. The maximum atomic E-state index is 12.2. The van der Waals surface area contributed by atoms with Gasteiger partial charge < -0.3 is 5.32 Å². The first-order valence-corrected chi connectivity index (χ1v) is 7.16. The lowest BCUT2D eigenvalue weighted by atomic mass is 10.1. The van der Waals surface area contributed by atoms with Crippen molar-refractivity contribution in [2.45, 2.75) is 13.3 Å². The number of aryl methyl sites for hydroxylation is 1. The van der Waals surface area contributed by atoms with Crippen molar-refractivity contribution >= 4 is 11.6 Å². The van der Waals surface area contributed by atoms with E-state index in [4.69, 9.17) is 0 Å². The van der Waals surface area contributed by atoms with E-state index < -0.39 is 0 Å². The van der Waals surface area contributed by atoms with E-state index in [2.05, 4.69) is 15.5 Å². The smallest absolute Gasteiger partial charge is 0.228 e. The van der Waals surface area contributed by atoms with Crippen LogP contribution in [0.2, 0.25) is 0 Å². The number of rotatable bonds is 4. The van der Waals surface area contributed by atoms with Crippen molar-refractivity contribution in [3.05, 3.63) is 71.9 Å². The third-order valence-electron chi connectivity index (χ3n) is 3.41. The lowest BCUT2D eigenvalue weighted by Crippen LogP contribution is -2.14. The van der Waals surface area contributed by atoms with Crippen LogP contribution in [-0.2, 0) is 11.2 Å². The lowest BCUT2D eigenvalue weighted by Gasteiger charge is -2.07. The van der Waals surface area contributed by atoms with Crippen LogP contribution in [0.25, 0.3) is 11.3 Å². The van der Waals surface area contributed by atoms with Crippen LogP contribution >= 0.6 is 0 Å². The monoisotopic (exact) mass is 291 g/mol. The first-order valence-electron chi connectivity index (χ1n) is 7.16. The number of carbonyl (C=O) groups excluding carboxylic acids is 1. The molecule has 0 fully saturated rings. The highest BCUT2D eigenvalue weighted by Crippen LogP contribution is 2.20. The number of hydrogen-bond acceptors (Lipinski definition) is 2. The van der Waals surface area contributed by atoms with Gasteiger partial charge >= 0.3 is 0 Å². The number of nitrogens with one attached hydrogen (secondary N) is 2. The highest BCUT2D eigenvalue weighted by atomic mass is 16.1. The van der Waals surface area contributed by atoms with Crippen LogP contribution in [0.1, 0.15) is 11.1 Å². The van der Waals surface area contributed by atoms with Crippen LogP contribution in [0.4, 0.5) is 5.69 Å². The molecule has 0 radical (unpaired) electrons. The van der Waals surface area contributed by atoms with E-state index in [9.17, 15) is 4.79 Å². The first-order chi connectivity index (χ1) is 10.7. The average molecular weight is 291 g/mol. The molecule has 0 unspecified atom stereocenters. The van der Waals surface area contributed by atoms with Gasteiger partial charge in [0.05, 0.1) is 12.1 Å². The van der Waals surface area contributed by atoms with E-state index in [0.717, 1.165) is 28.1 Å². The summed E-state index contributed by atoms with van der Waals surface area (Å²) in [6.07, 6.45) is 2.08. The second kappa shape index (κ2) is 6.26. The van der Waals surface area contributed by atoms with Gasteiger partial charge in [-0.2, -0.15) is 5.10 Å². The minimum absolute atomic E-state index is 0.0210. The quantitative estimate of drug-likeness (QED) is 0.772. The molecule has 0 atom stereocenters. The summed E-state index contributed by atoms with van der Waals surface area (Å²) >= 11 is 0. The summed E-state index contributed by atoms with van der Waals surface area (Å²) in [5, 5.41) is 9.80. The molecule has 0 aliphatic rings. The zero-order valence-electron chi connectivity index (χ0n) is 12.3. The van der Waals surface area contributed by atoms with Gasteiger partial charge in [-0.1, -0.05) is 42.0 Å². The summed E-state index contributed by atoms with van der Waals surface area (Å²) in [5.74, 6) is -0.0210. The number of H-pyrrole nitrogens is 1. The Bertz CT molecular complexity index is 779. The predicted molar refractivity (Wildman–Crippen MR) is 87.5 cm³/mol. The molecular formula is C18H17N3O. The van der Waals surface area contributed by atoms with Crippen LogP contribution in [0.5, 0.6) is 0 Å². The Morgan fingerprint density at radius 1 is 1.14 bits per heavy atom. The summed E-state index contributed by atoms with van der Waals surface area (Å²) in [6, 6.07) is 17.6. The first kappa shape index (κ1) is 14.1. The molecule has 2 aromatic carbocycles. The lowest BCUT2D eigenvalue weighted by molar-refractivity contribution is -0.115. The standard InChI is InChI=1S/C18H17N3O/c1-13-4-2-5-14(10-13)11-18(22)20-16-7-3-6-15(12-16)17-8-9-19-21-17/h2-10,12H,11H2,1H3,(H,19,21)(H,20,22). The van der Waals surface area contributed by atoms with Gasteiger partial charge in [-0.25, -0.2) is 0 Å². The number of amides is 1. The molecule has 2 N–H and O–H groups in total. The number of aromatic nitrogens is 2. The number of hydrogen-bond donors (Lipinski definition) is 2. The molecule has 110 valence electrons. The maximum Gasteiger partial charge on any atom is 0.228 e. The van der Waals surface area contributed by atoms with E-state index in [0.29, 0.717) is 6.42 Å². The van der Waals surface area contributed by atoms with Crippen molar-refractivity contribution in [3.8, 4) is 11.3 Å². The van der Waals surface area contributed by atoms with Crippen LogP contribution in [0.3, 0.4) is 0 Å². The molecule has 3 rings (SSSR count). The minimum atomic E-state index is -0.0210. The SMILES string of the molecule is Cc1cccc(CC(=O)Nc2cccc(-c3ccn[nH]3)c2)c1. The molecule has 0 bridgehead atoms. The number of carbonyl (C=O) groups is 1. The van der Waals surface area contributed by atoms with Gasteiger partial charge in [0.25, 0.3) is 0 Å². The van der Waals surface area contributed by atoms with Crippen LogP contribution in [0.15, 0.2) is 60.8 Å². The van der Waals surface area contributed by atoms with Crippen molar-refractivity contribution in [2.24, 2.45) is 0 Å². The molecule has 0 spiro atoms. The fraction of sp³-hybridized carbons (Fsp3) is 0.111. The van der Waals surface area contributed by atoms with Gasteiger partial charge in [0.15, 0.2) is 0 Å². The average Bonchev–Trinajstić information content (AvgIpc) is 3.01. The second-order valence-electron chi connectivity index (χ2n) is 5.27. The fourth-order valence-corrected chi connectivity index (χ4v) is 2.39. The van der Waals surface area contributed by atoms with Crippen molar-refractivity contribution in [1.29, 1.82) is 0 Å². The van der Waals surface area contributed by atoms with Crippen LogP contribution < -0.4 is 5.32 Å². The zero-order chi connectivity index (χ0) is 15.4. The number of aromatic amines is 1. The molecule has 4 heteroatoms. The molecule has 0 saturated carbocycles. The third-order valence-corrected chi connectivity index (χ3v) is 3.41. The van der Waals surface area contributed by atoms with E-state index >= 15 is 0 Å². The molecule has 22 heavy (non-hydrogen) atoms. The Labute approximate surface area is 129 Å². The van der Waals surface area contributed by atoms with Crippen LogP contribution in [-0.4, -0.2) is 16.1 Å². The maximum absolute atomic E-state index is 12.2. The largest absolute Gasteiger partial charge is 0.326 e. The molecule has 0 aliphatic heterocycles. The van der Waals surface area contributed by atoms with E-state index in [1.807, 2.05) is 61.5 Å². The summed E-state index contributed by atoms with van der Waals surface area (Å²) < 4.78 is 0. The highest BCUT2D eigenvalue weighted by Gasteiger charge is 2.06. The van der Waals surface area contributed by atoms with E-state index in [1.54, 1.807) is 6.20 Å². The predicted octanol–water partition coefficient (Wildman–Crippen LogP) is 3.57. The summed E-state index contributed by atoms with van der Waals surface area (Å²) in [6.45, 7) is 2.02. The zero-order valence-corrected chi connectivity index (χ0v) is 12.3. The number of nitrogens with zero attached hydrogens (tertiary/aromatic N) is 1. The minimum Gasteiger partial charge on any atom is -0.326 e. The molecule has 0 aliphatic carbocycles. The van der Waals surface area contributed by atoms with Crippen molar-refractivity contribution in [1.82, 2.24) is 10.2 Å². The van der Waals surface area contributed by atoms with Crippen molar-refractivity contribution < 1.29 is 4.79 Å². The van der Waals surface area contributed by atoms with Crippen molar-refractivity contribution in [2.75, 3.05) is 5.32 Å². The normalized spacial score (nSPS) is 10.4.